The fourth-order valence-electron chi connectivity index (χ4n) is 2.24. The Morgan fingerprint density at radius 2 is 1.96 bits per heavy atom. The van der Waals surface area contributed by atoms with Crippen molar-refractivity contribution in [3.63, 3.8) is 0 Å². The van der Waals surface area contributed by atoms with Gasteiger partial charge in [-0.1, -0.05) is 17.7 Å². The van der Waals surface area contributed by atoms with Gasteiger partial charge in [0, 0.05) is 12.1 Å². The van der Waals surface area contributed by atoms with Crippen molar-refractivity contribution < 1.29 is 14.3 Å². The topological polar surface area (TPSA) is 72.5 Å². The molecule has 0 aliphatic carbocycles. The van der Waals surface area contributed by atoms with E-state index in [0.717, 1.165) is 0 Å². The molecule has 0 saturated carbocycles. The van der Waals surface area contributed by atoms with Crippen LogP contribution in [0.1, 0.15) is 9.67 Å². The van der Waals surface area contributed by atoms with Crippen molar-refractivity contribution in [3.8, 4) is 11.5 Å². The van der Waals surface area contributed by atoms with Gasteiger partial charge in [-0.3, -0.25) is 4.79 Å². The zero-order valence-corrected chi connectivity index (χ0v) is 15.6. The van der Waals surface area contributed by atoms with Crippen molar-refractivity contribution >= 4 is 46.0 Å². The third-order valence-electron chi connectivity index (χ3n) is 3.50. The summed E-state index contributed by atoms with van der Waals surface area (Å²) in [6.07, 6.45) is 1.58. The van der Waals surface area contributed by atoms with E-state index < -0.39 is 0 Å². The first kappa shape index (κ1) is 18.0. The molecule has 0 aliphatic rings. The van der Waals surface area contributed by atoms with E-state index in [1.165, 1.54) is 11.3 Å². The molecule has 0 fully saturated rings. The van der Waals surface area contributed by atoms with Gasteiger partial charge in [-0.2, -0.15) is 0 Å². The van der Waals surface area contributed by atoms with Crippen LogP contribution in [0.3, 0.4) is 0 Å². The van der Waals surface area contributed by atoms with Gasteiger partial charge in [0.15, 0.2) is 0 Å². The largest absolute Gasteiger partial charge is 0.495 e. The summed E-state index contributed by atoms with van der Waals surface area (Å²) in [6.45, 7) is 0. The fourth-order valence-corrected chi connectivity index (χ4v) is 3.09. The minimum Gasteiger partial charge on any atom is -0.495 e. The zero-order valence-electron chi connectivity index (χ0n) is 14.1. The van der Waals surface area contributed by atoms with Crippen LogP contribution in [0.15, 0.2) is 48.0 Å². The quantitative estimate of drug-likeness (QED) is 0.633. The smallest absolute Gasteiger partial charge is 0.265 e. The van der Waals surface area contributed by atoms with Crippen LogP contribution in [0.2, 0.25) is 5.02 Å². The minimum absolute atomic E-state index is 0.161. The second-order valence-corrected chi connectivity index (χ2v) is 6.53. The molecular weight excluding hydrogens is 374 g/mol. The zero-order chi connectivity index (χ0) is 18.5. The standard InChI is InChI=1S/C18H16ClN3O3S/c1-24-14-9-13(15(25-2)8-12(14)19)22-17-6-5-11(10-20-17)21-18(23)16-4-3-7-26-16/h3-10H,1-2H3,(H,20,22)(H,21,23). The van der Waals surface area contributed by atoms with Gasteiger partial charge in [0.05, 0.1) is 41.7 Å². The number of halogens is 1. The van der Waals surface area contributed by atoms with Crippen LogP contribution in [0.25, 0.3) is 0 Å². The van der Waals surface area contributed by atoms with Crippen molar-refractivity contribution in [2.24, 2.45) is 0 Å². The highest BCUT2D eigenvalue weighted by molar-refractivity contribution is 7.12. The summed E-state index contributed by atoms with van der Waals surface area (Å²) in [5, 5.41) is 8.26. The molecule has 3 aromatic rings. The molecule has 0 radical (unpaired) electrons. The second-order valence-electron chi connectivity index (χ2n) is 5.18. The maximum Gasteiger partial charge on any atom is 0.265 e. The molecule has 0 bridgehead atoms. The number of hydrogen-bond acceptors (Lipinski definition) is 6. The molecule has 3 rings (SSSR count). The Balaban J connectivity index is 1.74. The number of anilines is 3. The Bertz CT molecular complexity index is 899. The van der Waals surface area contributed by atoms with E-state index in [1.54, 1.807) is 50.7 Å². The Kier molecular flexibility index (Phi) is 5.60. The molecule has 0 saturated heterocycles. The number of amides is 1. The van der Waals surface area contributed by atoms with E-state index in [-0.39, 0.29) is 5.91 Å². The molecule has 134 valence electrons. The average molecular weight is 390 g/mol. The summed E-state index contributed by atoms with van der Waals surface area (Å²) >= 11 is 7.49. The molecule has 0 unspecified atom stereocenters. The number of thiophene rings is 1. The predicted octanol–water partition coefficient (Wildman–Crippen LogP) is 4.81. The molecule has 2 aromatic heterocycles. The Labute approximate surface area is 159 Å². The van der Waals surface area contributed by atoms with Gasteiger partial charge in [0.1, 0.15) is 17.3 Å². The van der Waals surface area contributed by atoms with Gasteiger partial charge < -0.3 is 20.1 Å². The van der Waals surface area contributed by atoms with Crippen LogP contribution >= 0.6 is 22.9 Å². The highest BCUT2D eigenvalue weighted by Gasteiger charge is 2.11. The van der Waals surface area contributed by atoms with Crippen LogP contribution in [-0.4, -0.2) is 25.1 Å². The summed E-state index contributed by atoms with van der Waals surface area (Å²) in [5.41, 5.74) is 1.27. The van der Waals surface area contributed by atoms with E-state index in [2.05, 4.69) is 15.6 Å². The molecule has 2 N–H and O–H groups in total. The lowest BCUT2D eigenvalue weighted by molar-refractivity contribution is 0.103. The highest BCUT2D eigenvalue weighted by atomic mass is 35.5. The molecular formula is C18H16ClN3O3S. The van der Waals surface area contributed by atoms with Gasteiger partial charge in [-0.05, 0) is 23.6 Å². The van der Waals surface area contributed by atoms with Crippen LogP contribution in [-0.2, 0) is 0 Å². The van der Waals surface area contributed by atoms with Gasteiger partial charge in [-0.25, -0.2) is 4.98 Å². The Hall–Kier alpha value is -2.77. The van der Waals surface area contributed by atoms with Crippen LogP contribution in [0, 0.1) is 0 Å². The number of aromatic nitrogens is 1. The SMILES string of the molecule is COc1cc(Nc2ccc(NC(=O)c3cccs3)cn2)c(OC)cc1Cl. The van der Waals surface area contributed by atoms with Crippen molar-refractivity contribution in [1.82, 2.24) is 4.98 Å². The Morgan fingerprint density at radius 1 is 1.15 bits per heavy atom. The highest BCUT2D eigenvalue weighted by Crippen LogP contribution is 2.37. The first-order valence-electron chi connectivity index (χ1n) is 7.60. The average Bonchev–Trinajstić information content (AvgIpc) is 3.19. The number of rotatable bonds is 6. The third kappa shape index (κ3) is 4.07. The van der Waals surface area contributed by atoms with Gasteiger partial charge >= 0.3 is 0 Å². The molecule has 0 atom stereocenters. The van der Waals surface area contributed by atoms with Crippen molar-refractivity contribution in [3.05, 3.63) is 57.9 Å². The summed E-state index contributed by atoms with van der Waals surface area (Å²) in [5.74, 6) is 1.51. The van der Waals surface area contributed by atoms with Crippen LogP contribution in [0.4, 0.5) is 17.2 Å². The van der Waals surface area contributed by atoms with Gasteiger partial charge in [0.25, 0.3) is 5.91 Å². The van der Waals surface area contributed by atoms with Crippen molar-refractivity contribution in [2.45, 2.75) is 0 Å². The number of carbonyl (C=O) groups excluding carboxylic acids is 1. The second kappa shape index (κ2) is 8.07. The Morgan fingerprint density at radius 3 is 2.58 bits per heavy atom. The van der Waals surface area contributed by atoms with E-state index in [0.29, 0.717) is 38.6 Å². The number of hydrogen-bond donors (Lipinski definition) is 2. The maximum atomic E-state index is 12.1. The summed E-state index contributed by atoms with van der Waals surface area (Å²) in [6, 6.07) is 10.5. The number of nitrogens with one attached hydrogen (secondary N) is 2. The maximum absolute atomic E-state index is 12.1. The number of nitrogens with zero attached hydrogens (tertiary/aromatic N) is 1. The molecule has 1 aromatic carbocycles. The molecule has 26 heavy (non-hydrogen) atoms. The first-order chi connectivity index (χ1) is 12.6. The molecule has 6 nitrogen and oxygen atoms in total. The van der Waals surface area contributed by atoms with Crippen molar-refractivity contribution in [1.29, 1.82) is 0 Å². The van der Waals surface area contributed by atoms with Gasteiger partial charge in [0.2, 0.25) is 0 Å². The molecule has 0 spiro atoms. The lowest BCUT2D eigenvalue weighted by atomic mass is 10.2. The van der Waals surface area contributed by atoms with E-state index in [9.17, 15) is 4.79 Å². The molecule has 1 amide bonds. The molecule has 8 heteroatoms. The van der Waals surface area contributed by atoms with E-state index in [1.807, 2.05) is 11.4 Å². The van der Waals surface area contributed by atoms with Crippen LogP contribution in [0.5, 0.6) is 11.5 Å². The lowest BCUT2D eigenvalue weighted by Crippen LogP contribution is -2.10. The summed E-state index contributed by atoms with van der Waals surface area (Å²) in [4.78, 5) is 17.0. The molecule has 0 aliphatic heterocycles. The molecule has 2 heterocycles. The number of carbonyl (C=O) groups is 1. The predicted molar refractivity (Wildman–Crippen MR) is 104 cm³/mol. The lowest BCUT2D eigenvalue weighted by Gasteiger charge is -2.13. The van der Waals surface area contributed by atoms with E-state index >= 15 is 0 Å². The monoisotopic (exact) mass is 389 g/mol. The minimum atomic E-state index is -0.161. The van der Waals surface area contributed by atoms with Crippen LogP contribution < -0.4 is 20.1 Å². The third-order valence-corrected chi connectivity index (χ3v) is 4.67. The number of methoxy groups -OCH3 is 2. The summed E-state index contributed by atoms with van der Waals surface area (Å²) < 4.78 is 10.6. The number of benzene rings is 1. The fraction of sp³-hybridized carbons (Fsp3) is 0.111. The van der Waals surface area contributed by atoms with Gasteiger partial charge in [-0.15, -0.1) is 11.3 Å². The van der Waals surface area contributed by atoms with E-state index in [4.69, 9.17) is 21.1 Å². The number of pyridine rings is 1. The first-order valence-corrected chi connectivity index (χ1v) is 8.86. The summed E-state index contributed by atoms with van der Waals surface area (Å²) in [7, 11) is 3.10. The number of ether oxygens (including phenoxy) is 2. The van der Waals surface area contributed by atoms with Crippen molar-refractivity contribution in [2.75, 3.05) is 24.9 Å². The normalized spacial score (nSPS) is 10.3.